The number of pyridine rings is 1. The van der Waals surface area contributed by atoms with Crippen molar-refractivity contribution in [2.75, 3.05) is 7.11 Å². The summed E-state index contributed by atoms with van der Waals surface area (Å²) in [6.45, 7) is 0.431. The van der Waals surface area contributed by atoms with Gasteiger partial charge in [-0.2, -0.15) is 5.21 Å². The predicted octanol–water partition coefficient (Wildman–Crippen LogP) is 0.571. The summed E-state index contributed by atoms with van der Waals surface area (Å²) < 4.78 is 7.07. The first-order valence-electron chi connectivity index (χ1n) is 5.67. The minimum atomic E-state index is -0.0259. The number of hydrogen-bond donors (Lipinski definition) is 1. The van der Waals surface area contributed by atoms with Crippen LogP contribution in [0.1, 0.15) is 5.82 Å². The number of nitrogens with zero attached hydrogens (tertiary/aromatic N) is 4. The normalized spacial score (nSPS) is 10.8. The van der Waals surface area contributed by atoms with Gasteiger partial charge in [-0.1, -0.05) is 5.21 Å². The molecule has 1 N–H and O–H groups in total. The number of nitrogens with one attached hydrogen (secondary N) is 1. The summed E-state index contributed by atoms with van der Waals surface area (Å²) in [6, 6.07) is 6.86. The first-order chi connectivity index (χ1) is 9.28. The smallest absolute Gasteiger partial charge is 0.194 e. The molecule has 0 atom stereocenters. The summed E-state index contributed by atoms with van der Waals surface area (Å²) in [5, 5.41) is 14.4. The van der Waals surface area contributed by atoms with E-state index in [1.54, 1.807) is 25.4 Å². The van der Waals surface area contributed by atoms with Gasteiger partial charge < -0.3 is 9.30 Å². The zero-order valence-electron chi connectivity index (χ0n) is 10.2. The van der Waals surface area contributed by atoms with E-state index in [0.29, 0.717) is 23.5 Å². The molecular weight excluding hydrogens is 246 g/mol. The van der Waals surface area contributed by atoms with Gasteiger partial charge in [0.1, 0.15) is 5.75 Å². The Morgan fingerprint density at radius 2 is 2.26 bits per heavy atom. The standard InChI is InChI=1S/C12H11N5O2/c1-19-8-2-3-9-10(6-8)17(5-4-11(9)18)7-12-13-15-16-14-12/h2-6H,7H2,1H3,(H,13,14,15,16). The van der Waals surface area contributed by atoms with Crippen molar-refractivity contribution >= 4 is 10.9 Å². The van der Waals surface area contributed by atoms with Crippen LogP contribution in [-0.4, -0.2) is 32.3 Å². The summed E-state index contributed by atoms with van der Waals surface area (Å²) in [4.78, 5) is 11.8. The van der Waals surface area contributed by atoms with Crippen molar-refractivity contribution in [3.05, 3.63) is 46.5 Å². The van der Waals surface area contributed by atoms with Gasteiger partial charge in [-0.05, 0) is 12.1 Å². The Hall–Kier alpha value is -2.70. The molecule has 1 aromatic carbocycles. The van der Waals surface area contributed by atoms with Crippen LogP contribution >= 0.6 is 0 Å². The Labute approximate surface area is 107 Å². The molecular formula is C12H11N5O2. The van der Waals surface area contributed by atoms with Crippen molar-refractivity contribution in [3.8, 4) is 5.75 Å². The average molecular weight is 257 g/mol. The lowest BCUT2D eigenvalue weighted by Gasteiger charge is -2.09. The Morgan fingerprint density at radius 3 is 3.00 bits per heavy atom. The molecule has 0 saturated carbocycles. The number of ether oxygens (including phenoxy) is 1. The lowest BCUT2D eigenvalue weighted by Crippen LogP contribution is -2.09. The zero-order chi connectivity index (χ0) is 13.2. The molecule has 0 aliphatic rings. The van der Waals surface area contributed by atoms with Crippen LogP contribution in [-0.2, 0) is 6.54 Å². The fourth-order valence-corrected chi connectivity index (χ4v) is 1.95. The fraction of sp³-hybridized carbons (Fsp3) is 0.167. The zero-order valence-corrected chi connectivity index (χ0v) is 10.2. The Kier molecular flexibility index (Phi) is 2.71. The van der Waals surface area contributed by atoms with Crippen molar-refractivity contribution in [2.45, 2.75) is 6.54 Å². The lowest BCUT2D eigenvalue weighted by atomic mass is 10.2. The van der Waals surface area contributed by atoms with Crippen LogP contribution in [0.25, 0.3) is 10.9 Å². The largest absolute Gasteiger partial charge is 0.497 e. The molecule has 7 nitrogen and oxygen atoms in total. The number of H-pyrrole nitrogens is 1. The first-order valence-corrected chi connectivity index (χ1v) is 5.67. The molecule has 7 heteroatoms. The van der Waals surface area contributed by atoms with E-state index in [-0.39, 0.29) is 5.43 Å². The number of tetrazole rings is 1. The number of hydrogen-bond acceptors (Lipinski definition) is 5. The molecule has 0 spiro atoms. The van der Waals surface area contributed by atoms with Gasteiger partial charge >= 0.3 is 0 Å². The molecule has 0 unspecified atom stereocenters. The quantitative estimate of drug-likeness (QED) is 0.741. The molecule has 0 fully saturated rings. The van der Waals surface area contributed by atoms with Crippen molar-refractivity contribution < 1.29 is 4.74 Å². The van der Waals surface area contributed by atoms with Crippen LogP contribution < -0.4 is 10.2 Å². The summed E-state index contributed by atoms with van der Waals surface area (Å²) in [5.74, 6) is 1.24. The predicted molar refractivity (Wildman–Crippen MR) is 68.0 cm³/mol. The highest BCUT2D eigenvalue weighted by Crippen LogP contribution is 2.18. The maximum Gasteiger partial charge on any atom is 0.194 e. The molecule has 3 aromatic rings. The second kappa shape index (κ2) is 4.52. The third-order valence-corrected chi connectivity index (χ3v) is 2.89. The fourth-order valence-electron chi connectivity index (χ4n) is 1.95. The first kappa shape index (κ1) is 11.4. The third-order valence-electron chi connectivity index (χ3n) is 2.89. The van der Waals surface area contributed by atoms with Gasteiger partial charge in [0.2, 0.25) is 0 Å². The summed E-state index contributed by atoms with van der Waals surface area (Å²) in [6.07, 6.45) is 1.71. The van der Waals surface area contributed by atoms with Crippen LogP contribution in [0.3, 0.4) is 0 Å². The SMILES string of the molecule is COc1ccc2c(=O)ccn(Cc3nn[nH]n3)c2c1. The van der Waals surface area contributed by atoms with Crippen molar-refractivity contribution in [3.63, 3.8) is 0 Å². The van der Waals surface area contributed by atoms with Crippen molar-refractivity contribution in [1.29, 1.82) is 0 Å². The van der Waals surface area contributed by atoms with E-state index in [4.69, 9.17) is 4.74 Å². The van der Waals surface area contributed by atoms with E-state index in [0.717, 1.165) is 5.52 Å². The number of fused-ring (bicyclic) bond motifs is 1. The monoisotopic (exact) mass is 257 g/mol. The second-order valence-electron chi connectivity index (χ2n) is 4.02. The number of aromatic amines is 1. The van der Waals surface area contributed by atoms with E-state index >= 15 is 0 Å². The molecule has 2 aromatic heterocycles. The highest BCUT2D eigenvalue weighted by atomic mass is 16.5. The van der Waals surface area contributed by atoms with Gasteiger partial charge in [0.15, 0.2) is 11.3 Å². The molecule has 0 bridgehead atoms. The number of aromatic nitrogens is 5. The Bertz CT molecular complexity index is 763. The molecule has 0 aliphatic heterocycles. The van der Waals surface area contributed by atoms with Crippen molar-refractivity contribution in [2.24, 2.45) is 0 Å². The topological polar surface area (TPSA) is 85.7 Å². The van der Waals surface area contributed by atoms with E-state index in [9.17, 15) is 4.79 Å². The molecule has 0 radical (unpaired) electrons. The van der Waals surface area contributed by atoms with Gasteiger partial charge in [-0.25, -0.2) is 0 Å². The highest BCUT2D eigenvalue weighted by Gasteiger charge is 2.07. The highest BCUT2D eigenvalue weighted by molar-refractivity contribution is 5.80. The molecule has 3 rings (SSSR count). The Morgan fingerprint density at radius 1 is 1.37 bits per heavy atom. The van der Waals surface area contributed by atoms with Gasteiger partial charge in [0, 0.05) is 23.7 Å². The van der Waals surface area contributed by atoms with Gasteiger partial charge in [-0.3, -0.25) is 4.79 Å². The van der Waals surface area contributed by atoms with Gasteiger partial charge in [0.05, 0.1) is 19.2 Å². The van der Waals surface area contributed by atoms with E-state index < -0.39 is 0 Å². The maximum absolute atomic E-state index is 11.8. The summed E-state index contributed by atoms with van der Waals surface area (Å²) >= 11 is 0. The van der Waals surface area contributed by atoms with Crippen LogP contribution in [0.15, 0.2) is 35.3 Å². The summed E-state index contributed by atoms with van der Waals surface area (Å²) in [5.41, 5.74) is 0.749. The van der Waals surface area contributed by atoms with E-state index in [2.05, 4.69) is 20.6 Å². The minimum Gasteiger partial charge on any atom is -0.497 e. The van der Waals surface area contributed by atoms with Crippen LogP contribution in [0.4, 0.5) is 0 Å². The minimum absolute atomic E-state index is 0.0259. The van der Waals surface area contributed by atoms with Crippen LogP contribution in [0.2, 0.25) is 0 Å². The summed E-state index contributed by atoms with van der Waals surface area (Å²) in [7, 11) is 1.59. The Balaban J connectivity index is 2.18. The molecule has 96 valence electrons. The van der Waals surface area contributed by atoms with E-state index in [1.807, 2.05) is 10.6 Å². The van der Waals surface area contributed by atoms with Crippen LogP contribution in [0, 0.1) is 0 Å². The van der Waals surface area contributed by atoms with Gasteiger partial charge in [0.25, 0.3) is 0 Å². The molecule has 0 aliphatic carbocycles. The average Bonchev–Trinajstić information content (AvgIpc) is 2.94. The molecule has 2 heterocycles. The number of methoxy groups -OCH3 is 1. The number of benzene rings is 1. The van der Waals surface area contributed by atoms with E-state index in [1.165, 1.54) is 6.07 Å². The second-order valence-corrected chi connectivity index (χ2v) is 4.02. The molecule has 19 heavy (non-hydrogen) atoms. The van der Waals surface area contributed by atoms with Gasteiger partial charge in [-0.15, -0.1) is 10.2 Å². The number of rotatable bonds is 3. The maximum atomic E-state index is 11.8. The van der Waals surface area contributed by atoms with Crippen LogP contribution in [0.5, 0.6) is 5.75 Å². The van der Waals surface area contributed by atoms with Crippen molar-refractivity contribution in [1.82, 2.24) is 25.2 Å². The third kappa shape index (κ3) is 2.05. The molecule has 0 amide bonds. The lowest BCUT2D eigenvalue weighted by molar-refractivity contribution is 0.415. The molecule has 0 saturated heterocycles.